The van der Waals surface area contributed by atoms with Crippen molar-refractivity contribution in [2.24, 2.45) is 0 Å². The van der Waals surface area contributed by atoms with Gasteiger partial charge in [-0.1, -0.05) is 13.8 Å². The van der Waals surface area contributed by atoms with E-state index in [9.17, 15) is 4.39 Å². The lowest BCUT2D eigenvalue weighted by molar-refractivity contribution is 0.639. The Hall–Kier alpha value is -1.16. The minimum atomic E-state index is -0.223. The molecule has 1 aromatic carbocycles. The molecule has 0 saturated carbocycles. The molecule has 0 aliphatic rings. The number of halogens is 2. The first-order valence-electron chi connectivity index (χ1n) is 6.61. The summed E-state index contributed by atoms with van der Waals surface area (Å²) in [4.78, 5) is 4.55. The zero-order chi connectivity index (χ0) is 14.0. The molecule has 2 nitrogen and oxygen atoms in total. The number of hydrogen-bond acceptors (Lipinski definition) is 2. The number of rotatable bonds is 4. The summed E-state index contributed by atoms with van der Waals surface area (Å²) < 4.78 is 15.0. The molecule has 1 aromatic heterocycles. The third kappa shape index (κ3) is 2.59. The predicted molar refractivity (Wildman–Crippen MR) is 82.3 cm³/mol. The van der Waals surface area contributed by atoms with Crippen LogP contribution >= 0.6 is 15.9 Å². The van der Waals surface area contributed by atoms with Crippen LogP contribution in [0.1, 0.15) is 31.5 Å². The molecule has 0 saturated heterocycles. The highest BCUT2D eigenvalue weighted by atomic mass is 79.9. The number of anilines is 1. The van der Waals surface area contributed by atoms with E-state index in [1.807, 2.05) is 6.92 Å². The fraction of sp³-hybridized carbons (Fsp3) is 0.400. The molecule has 0 aliphatic carbocycles. The molecule has 2 aromatic rings. The molecule has 2 rings (SSSR count). The van der Waals surface area contributed by atoms with E-state index >= 15 is 0 Å². The predicted octanol–water partition coefficient (Wildman–Crippen LogP) is 4.83. The van der Waals surface area contributed by atoms with Crippen LogP contribution in [-0.4, -0.2) is 11.5 Å². The SMILES string of the molecule is CCCNc1c(CC)c(C)nc2c(Br)ccc(F)c12. The summed E-state index contributed by atoms with van der Waals surface area (Å²) in [5.41, 5.74) is 3.64. The van der Waals surface area contributed by atoms with Crippen LogP contribution in [0.15, 0.2) is 16.6 Å². The van der Waals surface area contributed by atoms with Crippen LogP contribution in [-0.2, 0) is 6.42 Å². The summed E-state index contributed by atoms with van der Waals surface area (Å²) in [7, 11) is 0. The van der Waals surface area contributed by atoms with Crippen LogP contribution in [0.2, 0.25) is 0 Å². The maximum absolute atomic E-state index is 14.2. The Morgan fingerprint density at radius 1 is 1.32 bits per heavy atom. The van der Waals surface area contributed by atoms with Gasteiger partial charge < -0.3 is 5.32 Å². The fourth-order valence-corrected chi connectivity index (χ4v) is 2.75. The molecule has 4 heteroatoms. The van der Waals surface area contributed by atoms with Gasteiger partial charge in [0.05, 0.1) is 16.6 Å². The van der Waals surface area contributed by atoms with Gasteiger partial charge in [-0.05, 0) is 53.4 Å². The second-order valence-corrected chi connectivity index (χ2v) is 5.44. The summed E-state index contributed by atoms with van der Waals surface area (Å²) in [6.07, 6.45) is 1.84. The van der Waals surface area contributed by atoms with E-state index in [0.29, 0.717) is 10.9 Å². The van der Waals surface area contributed by atoms with Crippen molar-refractivity contribution in [1.82, 2.24) is 4.98 Å². The number of benzene rings is 1. The third-order valence-electron chi connectivity index (χ3n) is 3.25. The van der Waals surface area contributed by atoms with Crippen molar-refractivity contribution in [1.29, 1.82) is 0 Å². The van der Waals surface area contributed by atoms with Crippen LogP contribution in [0.4, 0.5) is 10.1 Å². The molecule has 0 aliphatic heterocycles. The van der Waals surface area contributed by atoms with Gasteiger partial charge in [-0.2, -0.15) is 0 Å². The zero-order valence-corrected chi connectivity index (χ0v) is 13.1. The van der Waals surface area contributed by atoms with Crippen LogP contribution in [0.25, 0.3) is 10.9 Å². The van der Waals surface area contributed by atoms with Crippen molar-refractivity contribution in [3.8, 4) is 0 Å². The van der Waals surface area contributed by atoms with Crippen LogP contribution in [0.5, 0.6) is 0 Å². The van der Waals surface area contributed by atoms with Crippen molar-refractivity contribution in [2.45, 2.75) is 33.6 Å². The Morgan fingerprint density at radius 2 is 2.05 bits per heavy atom. The molecule has 0 amide bonds. The van der Waals surface area contributed by atoms with Gasteiger partial charge in [0.2, 0.25) is 0 Å². The molecule has 1 N–H and O–H groups in total. The normalized spacial score (nSPS) is 11.0. The van der Waals surface area contributed by atoms with E-state index in [-0.39, 0.29) is 5.82 Å². The van der Waals surface area contributed by atoms with Gasteiger partial charge in [0.25, 0.3) is 0 Å². The average molecular weight is 325 g/mol. The van der Waals surface area contributed by atoms with E-state index in [4.69, 9.17) is 0 Å². The molecule has 1 heterocycles. The molecule has 0 spiro atoms. The topological polar surface area (TPSA) is 24.9 Å². The largest absolute Gasteiger partial charge is 0.384 e. The lowest BCUT2D eigenvalue weighted by Gasteiger charge is -2.17. The van der Waals surface area contributed by atoms with Gasteiger partial charge in [-0.25, -0.2) is 4.39 Å². The van der Waals surface area contributed by atoms with Gasteiger partial charge in [-0.3, -0.25) is 4.98 Å². The van der Waals surface area contributed by atoms with E-state index in [2.05, 4.69) is 40.1 Å². The molecular weight excluding hydrogens is 307 g/mol. The standard InChI is InChI=1S/C15H18BrFN2/c1-4-8-18-14-10(5-2)9(3)19-15-11(16)6-7-12(17)13(14)15/h6-7H,4-5,8H2,1-3H3,(H,18,19). The van der Waals surface area contributed by atoms with Crippen molar-refractivity contribution < 1.29 is 4.39 Å². The maximum Gasteiger partial charge on any atom is 0.134 e. The van der Waals surface area contributed by atoms with Crippen LogP contribution in [0, 0.1) is 12.7 Å². The highest BCUT2D eigenvalue weighted by Gasteiger charge is 2.16. The number of pyridine rings is 1. The number of hydrogen-bond donors (Lipinski definition) is 1. The first-order chi connectivity index (χ1) is 9.10. The number of fused-ring (bicyclic) bond motifs is 1. The fourth-order valence-electron chi connectivity index (χ4n) is 2.33. The minimum absolute atomic E-state index is 0.223. The van der Waals surface area contributed by atoms with Crippen molar-refractivity contribution in [3.63, 3.8) is 0 Å². The number of nitrogens with zero attached hydrogens (tertiary/aromatic N) is 1. The first kappa shape index (κ1) is 14.3. The van der Waals surface area contributed by atoms with Gasteiger partial charge in [-0.15, -0.1) is 0 Å². The Kier molecular flexibility index (Phi) is 4.40. The Balaban J connectivity index is 2.80. The van der Waals surface area contributed by atoms with Crippen LogP contribution < -0.4 is 5.32 Å². The highest BCUT2D eigenvalue weighted by Crippen LogP contribution is 2.34. The maximum atomic E-state index is 14.2. The number of aromatic nitrogens is 1. The highest BCUT2D eigenvalue weighted by molar-refractivity contribution is 9.10. The molecule has 0 unspecified atom stereocenters. The molecule has 0 atom stereocenters. The number of aryl methyl sites for hydroxylation is 1. The number of nitrogens with one attached hydrogen (secondary N) is 1. The summed E-state index contributed by atoms with van der Waals surface area (Å²) in [6, 6.07) is 3.19. The molecular formula is C15H18BrFN2. The summed E-state index contributed by atoms with van der Waals surface area (Å²) in [6.45, 7) is 6.98. The van der Waals surface area contributed by atoms with E-state index in [0.717, 1.165) is 40.8 Å². The monoisotopic (exact) mass is 324 g/mol. The Bertz CT molecular complexity index is 611. The van der Waals surface area contributed by atoms with Crippen LogP contribution in [0.3, 0.4) is 0 Å². The van der Waals surface area contributed by atoms with Gasteiger partial charge in [0.1, 0.15) is 5.82 Å². The quantitative estimate of drug-likeness (QED) is 0.871. The smallest absolute Gasteiger partial charge is 0.134 e. The van der Waals surface area contributed by atoms with E-state index < -0.39 is 0 Å². The van der Waals surface area contributed by atoms with Crippen molar-refractivity contribution >= 4 is 32.5 Å². The second kappa shape index (κ2) is 5.87. The van der Waals surface area contributed by atoms with Gasteiger partial charge in [0, 0.05) is 16.7 Å². The summed E-state index contributed by atoms with van der Waals surface area (Å²) >= 11 is 3.46. The van der Waals surface area contributed by atoms with Crippen molar-refractivity contribution in [3.05, 3.63) is 33.7 Å². The first-order valence-corrected chi connectivity index (χ1v) is 7.40. The molecule has 19 heavy (non-hydrogen) atoms. The molecule has 0 bridgehead atoms. The van der Waals surface area contributed by atoms with Gasteiger partial charge in [0.15, 0.2) is 0 Å². The summed E-state index contributed by atoms with van der Waals surface area (Å²) in [5, 5.41) is 3.95. The lowest BCUT2D eigenvalue weighted by atomic mass is 10.0. The zero-order valence-electron chi connectivity index (χ0n) is 11.5. The Labute approximate surface area is 121 Å². The Morgan fingerprint density at radius 3 is 2.68 bits per heavy atom. The van der Waals surface area contributed by atoms with E-state index in [1.165, 1.54) is 6.07 Å². The summed E-state index contributed by atoms with van der Waals surface area (Å²) in [5.74, 6) is -0.223. The second-order valence-electron chi connectivity index (χ2n) is 4.58. The lowest BCUT2D eigenvalue weighted by Crippen LogP contribution is -2.07. The molecule has 0 radical (unpaired) electrons. The molecule has 102 valence electrons. The van der Waals surface area contributed by atoms with E-state index in [1.54, 1.807) is 6.07 Å². The van der Waals surface area contributed by atoms with Gasteiger partial charge >= 0.3 is 0 Å². The van der Waals surface area contributed by atoms with Crippen molar-refractivity contribution in [2.75, 3.05) is 11.9 Å². The molecule has 0 fully saturated rings. The minimum Gasteiger partial charge on any atom is -0.384 e. The average Bonchev–Trinajstić information content (AvgIpc) is 2.40. The third-order valence-corrected chi connectivity index (χ3v) is 3.89.